The largest absolute Gasteiger partial charge is 0.390 e. The van der Waals surface area contributed by atoms with Crippen LogP contribution in [0.1, 0.15) is 32.1 Å². The minimum Gasteiger partial charge on any atom is -0.390 e. The molecule has 5 heteroatoms. The van der Waals surface area contributed by atoms with Crippen molar-refractivity contribution in [2.24, 2.45) is 0 Å². The Labute approximate surface area is 88.1 Å². The zero-order valence-electron chi connectivity index (χ0n) is 8.98. The molecule has 1 aliphatic heterocycles. The summed E-state index contributed by atoms with van der Waals surface area (Å²) in [5, 5.41) is 9.99. The van der Waals surface area contributed by atoms with Gasteiger partial charge in [0, 0.05) is 19.5 Å². The van der Waals surface area contributed by atoms with Crippen LogP contribution in [0.4, 0.5) is 13.2 Å². The number of nitrogens with zero attached hydrogens (tertiary/aromatic N) is 1. The molecule has 1 heterocycles. The molecule has 1 N–H and O–H groups in total. The van der Waals surface area contributed by atoms with Gasteiger partial charge in [-0.3, -0.25) is 0 Å². The maximum atomic E-state index is 11.9. The van der Waals surface area contributed by atoms with Gasteiger partial charge in [0.25, 0.3) is 0 Å². The molecule has 0 unspecified atom stereocenters. The lowest BCUT2D eigenvalue weighted by atomic mass is 9.87. The van der Waals surface area contributed by atoms with Crippen molar-refractivity contribution in [3.8, 4) is 0 Å². The topological polar surface area (TPSA) is 23.5 Å². The van der Waals surface area contributed by atoms with Gasteiger partial charge >= 0.3 is 6.18 Å². The molecule has 0 atom stereocenters. The number of hydrogen-bond acceptors (Lipinski definition) is 2. The quantitative estimate of drug-likeness (QED) is 0.795. The molecule has 90 valence electrons. The van der Waals surface area contributed by atoms with E-state index in [9.17, 15) is 18.3 Å². The summed E-state index contributed by atoms with van der Waals surface area (Å²) in [7, 11) is 1.95. The van der Waals surface area contributed by atoms with Crippen LogP contribution in [0.3, 0.4) is 0 Å². The van der Waals surface area contributed by atoms with Crippen LogP contribution in [0.15, 0.2) is 0 Å². The molecule has 0 aromatic carbocycles. The number of likely N-dealkylation sites (tertiary alicyclic amines) is 1. The van der Waals surface area contributed by atoms with E-state index in [1.54, 1.807) is 0 Å². The van der Waals surface area contributed by atoms with E-state index < -0.39 is 18.2 Å². The number of aliphatic hydroxyl groups is 1. The number of hydrogen-bond donors (Lipinski definition) is 1. The maximum Gasteiger partial charge on any atom is 0.389 e. The summed E-state index contributed by atoms with van der Waals surface area (Å²) in [4.78, 5) is 2.08. The molecule has 0 amide bonds. The lowest BCUT2D eigenvalue weighted by Gasteiger charge is -2.36. The first-order valence-corrected chi connectivity index (χ1v) is 5.28. The van der Waals surface area contributed by atoms with Crippen molar-refractivity contribution >= 4 is 0 Å². The molecule has 0 radical (unpaired) electrons. The van der Waals surface area contributed by atoms with Crippen molar-refractivity contribution in [2.45, 2.75) is 43.9 Å². The fraction of sp³-hybridized carbons (Fsp3) is 1.00. The Morgan fingerprint density at radius 1 is 1.27 bits per heavy atom. The second-order valence-corrected chi connectivity index (χ2v) is 4.50. The minimum absolute atomic E-state index is 0.0315. The SMILES string of the molecule is CN1CCC(O)(CCCC(F)(F)F)CC1. The van der Waals surface area contributed by atoms with Crippen LogP contribution in [0.5, 0.6) is 0 Å². The first-order valence-electron chi connectivity index (χ1n) is 5.28. The lowest BCUT2D eigenvalue weighted by Crippen LogP contribution is -2.42. The summed E-state index contributed by atoms with van der Waals surface area (Å²) in [6.45, 7) is 1.53. The third kappa shape index (κ3) is 4.84. The van der Waals surface area contributed by atoms with E-state index in [1.807, 2.05) is 7.05 Å². The Morgan fingerprint density at radius 2 is 1.80 bits per heavy atom. The normalized spacial score (nSPS) is 23.0. The van der Waals surface area contributed by atoms with E-state index in [1.165, 1.54) is 0 Å². The summed E-state index contributed by atoms with van der Waals surface area (Å²) in [6, 6.07) is 0. The van der Waals surface area contributed by atoms with Crippen molar-refractivity contribution in [1.29, 1.82) is 0 Å². The summed E-state index contributed by atoms with van der Waals surface area (Å²) in [6.07, 6.45) is -3.42. The van der Waals surface area contributed by atoms with E-state index in [0.717, 1.165) is 13.1 Å². The summed E-state index contributed by atoms with van der Waals surface area (Å²) in [5.41, 5.74) is -0.863. The highest BCUT2D eigenvalue weighted by Gasteiger charge is 2.33. The first-order chi connectivity index (χ1) is 6.81. The van der Waals surface area contributed by atoms with Crippen LogP contribution >= 0.6 is 0 Å². The van der Waals surface area contributed by atoms with Crippen LogP contribution in [-0.2, 0) is 0 Å². The van der Waals surface area contributed by atoms with E-state index in [4.69, 9.17) is 0 Å². The van der Waals surface area contributed by atoms with Crippen LogP contribution in [0.2, 0.25) is 0 Å². The van der Waals surface area contributed by atoms with Crippen LogP contribution in [0.25, 0.3) is 0 Å². The molecule has 0 aromatic rings. The van der Waals surface area contributed by atoms with Gasteiger partial charge in [-0.15, -0.1) is 0 Å². The van der Waals surface area contributed by atoms with E-state index >= 15 is 0 Å². The zero-order chi connectivity index (χ0) is 11.5. The van der Waals surface area contributed by atoms with Crippen molar-refractivity contribution in [3.63, 3.8) is 0 Å². The third-order valence-electron chi connectivity index (χ3n) is 3.02. The van der Waals surface area contributed by atoms with Crippen molar-refractivity contribution in [2.75, 3.05) is 20.1 Å². The standard InChI is InChI=1S/C10H18F3NO/c1-14-7-5-9(15,6-8-14)3-2-4-10(11,12)13/h15H,2-8H2,1H3. The number of rotatable bonds is 3. The van der Waals surface area contributed by atoms with E-state index in [0.29, 0.717) is 12.8 Å². The Bertz CT molecular complexity index is 197. The predicted octanol–water partition coefficient (Wildman–Crippen LogP) is 2.18. The predicted molar refractivity (Wildman–Crippen MR) is 51.6 cm³/mol. The molecule has 0 aliphatic carbocycles. The van der Waals surface area contributed by atoms with Crippen LogP contribution in [0, 0.1) is 0 Å². The molecule has 1 aliphatic rings. The van der Waals surface area contributed by atoms with Crippen LogP contribution in [-0.4, -0.2) is 41.9 Å². The third-order valence-corrected chi connectivity index (χ3v) is 3.02. The van der Waals surface area contributed by atoms with Gasteiger partial charge in [-0.05, 0) is 32.7 Å². The molecule has 1 saturated heterocycles. The van der Waals surface area contributed by atoms with Gasteiger partial charge in [-0.2, -0.15) is 13.2 Å². The highest BCUT2D eigenvalue weighted by molar-refractivity contribution is 4.84. The van der Waals surface area contributed by atoms with Gasteiger partial charge in [0.05, 0.1) is 5.60 Å². The van der Waals surface area contributed by atoms with E-state index in [2.05, 4.69) is 4.90 Å². The van der Waals surface area contributed by atoms with E-state index in [-0.39, 0.29) is 12.8 Å². The fourth-order valence-corrected chi connectivity index (χ4v) is 1.90. The maximum absolute atomic E-state index is 11.9. The van der Waals surface area contributed by atoms with Crippen molar-refractivity contribution in [1.82, 2.24) is 4.90 Å². The number of halogens is 3. The molecule has 0 spiro atoms. The molecule has 2 nitrogen and oxygen atoms in total. The fourth-order valence-electron chi connectivity index (χ4n) is 1.90. The van der Waals surface area contributed by atoms with Gasteiger partial charge in [-0.25, -0.2) is 0 Å². The average Bonchev–Trinajstić information content (AvgIpc) is 2.09. The zero-order valence-corrected chi connectivity index (χ0v) is 8.98. The van der Waals surface area contributed by atoms with Crippen molar-refractivity contribution in [3.05, 3.63) is 0 Å². The second-order valence-electron chi connectivity index (χ2n) is 4.50. The molecular weight excluding hydrogens is 207 g/mol. The highest BCUT2D eigenvalue weighted by atomic mass is 19.4. The lowest BCUT2D eigenvalue weighted by molar-refractivity contribution is -0.138. The monoisotopic (exact) mass is 225 g/mol. The molecule has 0 bridgehead atoms. The van der Waals surface area contributed by atoms with Gasteiger partial charge < -0.3 is 10.0 Å². The van der Waals surface area contributed by atoms with Gasteiger partial charge in [-0.1, -0.05) is 0 Å². The second kappa shape index (κ2) is 4.70. The van der Waals surface area contributed by atoms with Crippen LogP contribution < -0.4 is 0 Å². The van der Waals surface area contributed by atoms with Crippen molar-refractivity contribution < 1.29 is 18.3 Å². The number of piperidine rings is 1. The molecular formula is C10H18F3NO. The molecule has 15 heavy (non-hydrogen) atoms. The smallest absolute Gasteiger partial charge is 0.389 e. The number of alkyl halides is 3. The summed E-state index contributed by atoms with van der Waals surface area (Å²) >= 11 is 0. The molecule has 0 aromatic heterocycles. The minimum atomic E-state index is -4.10. The molecule has 1 fully saturated rings. The van der Waals surface area contributed by atoms with Gasteiger partial charge in [0.15, 0.2) is 0 Å². The molecule has 1 rings (SSSR count). The van der Waals surface area contributed by atoms with Gasteiger partial charge in [0.2, 0.25) is 0 Å². The average molecular weight is 225 g/mol. The Kier molecular flexibility index (Phi) is 4.00. The van der Waals surface area contributed by atoms with Gasteiger partial charge in [0.1, 0.15) is 0 Å². The highest BCUT2D eigenvalue weighted by Crippen LogP contribution is 2.30. The Balaban J connectivity index is 2.25. The first kappa shape index (κ1) is 12.8. The summed E-state index contributed by atoms with van der Waals surface area (Å²) < 4.78 is 35.7. The summed E-state index contributed by atoms with van der Waals surface area (Å²) in [5.74, 6) is 0. The Morgan fingerprint density at radius 3 is 2.27 bits per heavy atom. The molecule has 0 saturated carbocycles. The Hall–Kier alpha value is -0.290.